The molecule has 1 aliphatic heterocycles. The van der Waals surface area contributed by atoms with Crippen LogP contribution >= 0.6 is 11.6 Å². The smallest absolute Gasteiger partial charge is 0.252 e. The quantitative estimate of drug-likeness (QED) is 0.764. The molecule has 0 spiro atoms. The highest BCUT2D eigenvalue weighted by Gasteiger charge is 2.40. The lowest BCUT2D eigenvalue weighted by molar-refractivity contribution is 0.0823. The molecule has 2 fully saturated rings. The summed E-state index contributed by atoms with van der Waals surface area (Å²) < 4.78 is 27.6. The van der Waals surface area contributed by atoms with Gasteiger partial charge in [0.2, 0.25) is 10.0 Å². The van der Waals surface area contributed by atoms with E-state index < -0.39 is 10.0 Å². The van der Waals surface area contributed by atoms with E-state index in [1.807, 2.05) is 30.3 Å². The van der Waals surface area contributed by atoms with Crippen LogP contribution in [0.5, 0.6) is 0 Å². The van der Waals surface area contributed by atoms with Crippen LogP contribution in [0.4, 0.5) is 0 Å². The number of hydrogen-bond acceptors (Lipinski definition) is 3. The molecule has 1 amide bonds. The van der Waals surface area contributed by atoms with Crippen LogP contribution in [-0.4, -0.2) is 31.7 Å². The van der Waals surface area contributed by atoms with E-state index in [4.69, 9.17) is 11.6 Å². The largest absolute Gasteiger partial charge is 0.343 e. The number of halogens is 1. The lowest BCUT2D eigenvalue weighted by Gasteiger charge is -2.43. The second-order valence-electron chi connectivity index (χ2n) is 7.87. The van der Waals surface area contributed by atoms with E-state index in [9.17, 15) is 13.2 Å². The molecule has 5 nitrogen and oxygen atoms in total. The van der Waals surface area contributed by atoms with Crippen LogP contribution in [-0.2, 0) is 15.6 Å². The number of sulfonamides is 1. The summed E-state index contributed by atoms with van der Waals surface area (Å²) in [5.41, 5.74) is 1.01. The lowest BCUT2D eigenvalue weighted by atomic mass is 9.71. The molecule has 0 bridgehead atoms. The van der Waals surface area contributed by atoms with Gasteiger partial charge in [-0.05, 0) is 55.9 Å². The molecular formula is C22H25ClN2O3S. The number of amides is 1. The minimum atomic E-state index is -3.71. The Morgan fingerprint density at radius 3 is 2.28 bits per heavy atom. The standard InChI is InChI=1S/C22H25ClN2O3S/c23-19-11-10-17(16-20(19)29(27,28)25-14-5-2-6-15-25)21(26)24-22(12-7-13-22)18-8-3-1-4-9-18/h1,3-4,8-11,16H,2,5-7,12-15H2,(H,24,26). The fourth-order valence-corrected chi connectivity index (χ4v) is 6.17. The second kappa shape index (κ2) is 8.09. The van der Waals surface area contributed by atoms with Crippen molar-refractivity contribution in [2.24, 2.45) is 0 Å². The predicted octanol–water partition coefficient (Wildman–Crippen LogP) is 4.32. The van der Waals surface area contributed by atoms with Crippen LogP contribution in [0.3, 0.4) is 0 Å². The van der Waals surface area contributed by atoms with Crippen molar-refractivity contribution < 1.29 is 13.2 Å². The van der Waals surface area contributed by atoms with Crippen LogP contribution < -0.4 is 5.32 Å². The molecule has 1 aliphatic carbocycles. The summed E-state index contributed by atoms with van der Waals surface area (Å²) in [6.45, 7) is 0.985. The number of benzene rings is 2. The van der Waals surface area contributed by atoms with Gasteiger partial charge in [0.15, 0.2) is 0 Å². The van der Waals surface area contributed by atoms with E-state index >= 15 is 0 Å². The Labute approximate surface area is 177 Å². The Hall–Kier alpha value is -1.89. The lowest BCUT2D eigenvalue weighted by Crippen LogP contribution is -2.50. The van der Waals surface area contributed by atoms with Crippen molar-refractivity contribution in [3.05, 3.63) is 64.7 Å². The Morgan fingerprint density at radius 1 is 0.966 bits per heavy atom. The fourth-order valence-electron chi connectivity index (χ4n) is 4.15. The first-order valence-corrected chi connectivity index (χ1v) is 11.9. The third kappa shape index (κ3) is 3.93. The molecule has 4 rings (SSSR count). The molecule has 154 valence electrons. The Kier molecular flexibility index (Phi) is 5.69. The summed E-state index contributed by atoms with van der Waals surface area (Å²) in [7, 11) is -3.71. The maximum atomic E-state index is 13.1. The summed E-state index contributed by atoms with van der Waals surface area (Å²) in [4.78, 5) is 13.0. The van der Waals surface area contributed by atoms with Crippen molar-refractivity contribution in [3.8, 4) is 0 Å². The highest BCUT2D eigenvalue weighted by molar-refractivity contribution is 7.89. The molecule has 2 aromatic rings. The van der Waals surface area contributed by atoms with Gasteiger partial charge in [0.25, 0.3) is 5.91 Å². The van der Waals surface area contributed by atoms with Crippen LogP contribution in [0, 0.1) is 0 Å². The first-order chi connectivity index (χ1) is 13.9. The van der Waals surface area contributed by atoms with Crippen molar-refractivity contribution in [1.82, 2.24) is 9.62 Å². The zero-order valence-electron chi connectivity index (χ0n) is 16.2. The molecule has 1 saturated heterocycles. The number of nitrogens with one attached hydrogen (secondary N) is 1. The fraction of sp³-hybridized carbons (Fsp3) is 0.409. The van der Waals surface area contributed by atoms with E-state index in [1.54, 1.807) is 6.07 Å². The molecule has 1 heterocycles. The predicted molar refractivity (Wildman–Crippen MR) is 113 cm³/mol. The maximum absolute atomic E-state index is 13.1. The van der Waals surface area contributed by atoms with Crippen molar-refractivity contribution >= 4 is 27.5 Å². The number of nitrogens with zero attached hydrogens (tertiary/aromatic N) is 1. The minimum absolute atomic E-state index is 0.0103. The summed E-state index contributed by atoms with van der Waals surface area (Å²) >= 11 is 6.23. The molecule has 0 atom stereocenters. The molecule has 2 aromatic carbocycles. The molecular weight excluding hydrogens is 408 g/mol. The molecule has 0 radical (unpaired) electrons. The first-order valence-electron chi connectivity index (χ1n) is 10.1. The summed E-state index contributed by atoms with van der Waals surface area (Å²) in [6.07, 6.45) is 5.51. The molecule has 0 unspecified atom stereocenters. The van der Waals surface area contributed by atoms with E-state index in [-0.39, 0.29) is 21.4 Å². The van der Waals surface area contributed by atoms with Gasteiger partial charge in [0, 0.05) is 18.7 Å². The Bertz CT molecular complexity index is 998. The van der Waals surface area contributed by atoms with Crippen molar-refractivity contribution in [3.63, 3.8) is 0 Å². The van der Waals surface area contributed by atoms with Gasteiger partial charge in [-0.1, -0.05) is 48.4 Å². The van der Waals surface area contributed by atoms with E-state index in [1.165, 1.54) is 16.4 Å². The zero-order chi connectivity index (χ0) is 20.5. The van der Waals surface area contributed by atoms with Crippen LogP contribution in [0.2, 0.25) is 5.02 Å². The maximum Gasteiger partial charge on any atom is 0.252 e. The Balaban J connectivity index is 1.61. The molecule has 0 aromatic heterocycles. The molecule has 1 saturated carbocycles. The van der Waals surface area contributed by atoms with Crippen molar-refractivity contribution in [2.75, 3.05) is 13.1 Å². The topological polar surface area (TPSA) is 66.5 Å². The summed E-state index contributed by atoms with van der Waals surface area (Å²) in [5, 5.41) is 3.30. The van der Waals surface area contributed by atoms with Gasteiger partial charge in [0.1, 0.15) is 4.90 Å². The van der Waals surface area contributed by atoms with E-state index in [0.29, 0.717) is 18.7 Å². The van der Waals surface area contributed by atoms with Gasteiger partial charge in [-0.15, -0.1) is 0 Å². The van der Waals surface area contributed by atoms with Gasteiger partial charge in [-0.3, -0.25) is 4.79 Å². The Morgan fingerprint density at radius 2 is 1.66 bits per heavy atom. The molecule has 2 aliphatic rings. The van der Waals surface area contributed by atoms with Crippen molar-refractivity contribution in [2.45, 2.75) is 49.0 Å². The third-order valence-corrected chi connectivity index (χ3v) is 8.39. The average molecular weight is 433 g/mol. The normalized spacial score (nSPS) is 19.3. The van der Waals surface area contributed by atoms with Gasteiger partial charge in [0.05, 0.1) is 10.6 Å². The summed E-state index contributed by atoms with van der Waals surface area (Å²) in [5.74, 6) is -0.277. The number of carbonyl (C=O) groups excluding carboxylic acids is 1. The zero-order valence-corrected chi connectivity index (χ0v) is 17.8. The monoisotopic (exact) mass is 432 g/mol. The van der Waals surface area contributed by atoms with Crippen molar-refractivity contribution in [1.29, 1.82) is 0 Å². The van der Waals surface area contributed by atoms with Crippen LogP contribution in [0.15, 0.2) is 53.4 Å². The highest BCUT2D eigenvalue weighted by atomic mass is 35.5. The van der Waals surface area contributed by atoms with Crippen LogP contribution in [0.25, 0.3) is 0 Å². The van der Waals surface area contributed by atoms with E-state index in [2.05, 4.69) is 5.32 Å². The number of carbonyl (C=O) groups is 1. The minimum Gasteiger partial charge on any atom is -0.343 e. The first kappa shape index (κ1) is 20.4. The average Bonchev–Trinajstić information content (AvgIpc) is 2.72. The van der Waals surface area contributed by atoms with Crippen LogP contribution in [0.1, 0.15) is 54.4 Å². The highest BCUT2D eigenvalue weighted by Crippen LogP contribution is 2.41. The number of hydrogen-bond donors (Lipinski definition) is 1. The molecule has 7 heteroatoms. The third-order valence-electron chi connectivity index (χ3n) is 6.01. The molecule has 29 heavy (non-hydrogen) atoms. The van der Waals surface area contributed by atoms with Gasteiger partial charge in [-0.2, -0.15) is 4.31 Å². The number of rotatable bonds is 5. The second-order valence-corrected chi connectivity index (χ2v) is 10.2. The van der Waals surface area contributed by atoms with Gasteiger partial charge in [-0.25, -0.2) is 8.42 Å². The van der Waals surface area contributed by atoms with Gasteiger partial charge >= 0.3 is 0 Å². The SMILES string of the molecule is O=C(NC1(c2ccccc2)CCC1)c1ccc(Cl)c(S(=O)(=O)N2CCCCC2)c1. The summed E-state index contributed by atoms with van der Waals surface area (Å²) in [6, 6.07) is 14.4. The van der Waals surface area contributed by atoms with Gasteiger partial charge < -0.3 is 5.32 Å². The van der Waals surface area contributed by atoms with E-state index in [0.717, 1.165) is 44.1 Å². The number of piperidine rings is 1. The molecule has 1 N–H and O–H groups in total.